The van der Waals surface area contributed by atoms with Crippen LogP contribution in [0.1, 0.15) is 27.7 Å². The Morgan fingerprint density at radius 1 is 1.27 bits per heavy atom. The highest BCUT2D eigenvalue weighted by molar-refractivity contribution is 7.94. The zero-order valence-corrected chi connectivity index (χ0v) is 16.2. The van der Waals surface area contributed by atoms with Crippen LogP contribution in [0.3, 0.4) is 0 Å². The van der Waals surface area contributed by atoms with E-state index in [2.05, 4.69) is 14.4 Å². The average molecular weight is 370 g/mol. The van der Waals surface area contributed by atoms with Gasteiger partial charge in [-0.1, -0.05) is 20.8 Å². The quantitative estimate of drug-likeness (QED) is 0.702. The monoisotopic (exact) mass is 370 g/mol. The summed E-state index contributed by atoms with van der Waals surface area (Å²) in [6, 6.07) is 9.14. The van der Waals surface area contributed by atoms with E-state index in [1.807, 2.05) is 51.2 Å². The summed E-state index contributed by atoms with van der Waals surface area (Å²) in [6.07, 6.45) is 5.29. The lowest BCUT2D eigenvalue weighted by Gasteiger charge is -2.21. The summed E-state index contributed by atoms with van der Waals surface area (Å²) in [5.74, 6) is -0.118. The van der Waals surface area contributed by atoms with Crippen LogP contribution in [-0.4, -0.2) is 30.6 Å². The molecule has 2 heterocycles. The molecule has 0 N–H and O–H groups in total. The number of rotatable bonds is 3. The van der Waals surface area contributed by atoms with Gasteiger partial charge in [0.15, 0.2) is 0 Å². The van der Waals surface area contributed by atoms with Crippen LogP contribution >= 0.6 is 0 Å². The Kier molecular flexibility index (Phi) is 4.66. The minimum atomic E-state index is -2.85. The van der Waals surface area contributed by atoms with Crippen LogP contribution in [0, 0.1) is 5.41 Å². The molecule has 136 valence electrons. The fourth-order valence-corrected chi connectivity index (χ4v) is 5.30. The number of hydrogen-bond acceptors (Lipinski definition) is 4. The fourth-order valence-electron chi connectivity index (χ4n) is 2.79. The van der Waals surface area contributed by atoms with Crippen LogP contribution in [0.5, 0.6) is 0 Å². The lowest BCUT2D eigenvalue weighted by molar-refractivity contribution is -0.115. The van der Waals surface area contributed by atoms with Crippen molar-refractivity contribution in [3.8, 4) is 5.69 Å². The minimum absolute atomic E-state index is 0.231. The number of amides is 1. The number of hydrogen-bond donors (Lipinski definition) is 0. The maximum absolute atomic E-state index is 13.5. The van der Waals surface area contributed by atoms with Gasteiger partial charge in [0.1, 0.15) is 0 Å². The van der Waals surface area contributed by atoms with Crippen LogP contribution < -0.4 is 0 Å². The van der Waals surface area contributed by atoms with E-state index in [0.717, 1.165) is 16.6 Å². The SMILES string of the molecule is CC(=O)N=S(=O)(CC(C)(C)C)c1ccc2nn(-c3cccnc3)cc2c1. The number of carbonyl (C=O) groups is 1. The van der Waals surface area contributed by atoms with E-state index < -0.39 is 15.6 Å². The van der Waals surface area contributed by atoms with Crippen molar-refractivity contribution >= 4 is 26.5 Å². The number of benzene rings is 1. The van der Waals surface area contributed by atoms with Gasteiger partial charge >= 0.3 is 0 Å². The molecule has 3 rings (SSSR count). The Morgan fingerprint density at radius 2 is 2.04 bits per heavy atom. The summed E-state index contributed by atoms with van der Waals surface area (Å²) in [4.78, 5) is 16.3. The summed E-state index contributed by atoms with van der Waals surface area (Å²) in [7, 11) is -2.85. The largest absolute Gasteiger partial charge is 0.272 e. The molecule has 3 aromatic rings. The van der Waals surface area contributed by atoms with Gasteiger partial charge in [-0.05, 0) is 35.7 Å². The topological polar surface area (TPSA) is 77.2 Å². The smallest absolute Gasteiger partial charge is 0.250 e. The van der Waals surface area contributed by atoms with Crippen molar-refractivity contribution in [2.45, 2.75) is 32.6 Å². The Morgan fingerprint density at radius 3 is 2.65 bits per heavy atom. The molecule has 1 aromatic carbocycles. The van der Waals surface area contributed by atoms with Gasteiger partial charge in [0, 0.05) is 35.4 Å². The van der Waals surface area contributed by atoms with Crippen LogP contribution in [0.15, 0.2) is 58.2 Å². The molecule has 2 aromatic heterocycles. The van der Waals surface area contributed by atoms with Gasteiger partial charge in [-0.25, -0.2) is 8.89 Å². The second-order valence-electron chi connectivity index (χ2n) is 7.46. The zero-order chi connectivity index (χ0) is 18.9. The van der Waals surface area contributed by atoms with E-state index in [4.69, 9.17) is 0 Å². The maximum Gasteiger partial charge on any atom is 0.250 e. The molecule has 0 fully saturated rings. The first-order valence-electron chi connectivity index (χ1n) is 8.32. The first-order valence-corrected chi connectivity index (χ1v) is 10.00. The van der Waals surface area contributed by atoms with E-state index in [1.54, 1.807) is 23.1 Å². The lowest BCUT2D eigenvalue weighted by atomic mass is 10.0. The van der Waals surface area contributed by atoms with Crippen LogP contribution in [0.2, 0.25) is 0 Å². The number of aromatic nitrogens is 3. The Labute approximate surface area is 153 Å². The van der Waals surface area contributed by atoms with Crippen LogP contribution in [-0.2, 0) is 14.5 Å². The van der Waals surface area contributed by atoms with E-state index in [1.165, 1.54) is 6.92 Å². The predicted octanol–water partition coefficient (Wildman–Crippen LogP) is 3.84. The summed E-state index contributed by atoms with van der Waals surface area (Å²) in [6.45, 7) is 7.30. The number of nitrogens with zero attached hydrogens (tertiary/aromatic N) is 4. The summed E-state index contributed by atoms with van der Waals surface area (Å²) >= 11 is 0. The van der Waals surface area contributed by atoms with Crippen molar-refractivity contribution in [1.29, 1.82) is 0 Å². The van der Waals surface area contributed by atoms with Crippen molar-refractivity contribution in [2.75, 3.05) is 5.75 Å². The maximum atomic E-state index is 13.5. The molecular weight excluding hydrogens is 348 g/mol. The standard InChI is InChI=1S/C19H22N4O2S/c1-14(24)22-26(25,13-19(2,3)4)17-7-8-18-15(10-17)12-23(21-18)16-6-5-9-20-11-16/h5-12H,13H2,1-4H3. The molecule has 0 saturated carbocycles. The molecule has 0 aliphatic rings. The van der Waals surface area contributed by atoms with Gasteiger partial charge in [-0.2, -0.15) is 9.46 Å². The van der Waals surface area contributed by atoms with Crippen molar-refractivity contribution in [1.82, 2.24) is 14.8 Å². The van der Waals surface area contributed by atoms with E-state index in [-0.39, 0.29) is 5.41 Å². The van der Waals surface area contributed by atoms with Crippen molar-refractivity contribution in [3.05, 3.63) is 48.9 Å². The number of pyridine rings is 1. The van der Waals surface area contributed by atoms with Gasteiger partial charge in [-0.3, -0.25) is 9.78 Å². The Hall–Kier alpha value is -2.54. The van der Waals surface area contributed by atoms with Crippen molar-refractivity contribution in [3.63, 3.8) is 0 Å². The normalized spacial score (nSPS) is 14.2. The molecule has 26 heavy (non-hydrogen) atoms. The highest BCUT2D eigenvalue weighted by Gasteiger charge is 2.23. The molecule has 0 radical (unpaired) electrons. The molecule has 1 amide bonds. The fraction of sp³-hybridized carbons (Fsp3) is 0.316. The van der Waals surface area contributed by atoms with Gasteiger partial charge in [0.25, 0.3) is 5.91 Å². The summed E-state index contributed by atoms with van der Waals surface area (Å²) < 4.78 is 19.2. The Bertz CT molecular complexity index is 1070. The van der Waals surface area contributed by atoms with Gasteiger partial charge in [0.05, 0.1) is 27.1 Å². The molecule has 0 bridgehead atoms. The number of carbonyl (C=O) groups excluding carboxylic acids is 1. The molecule has 6 nitrogen and oxygen atoms in total. The molecule has 7 heteroatoms. The molecule has 0 saturated heterocycles. The van der Waals surface area contributed by atoms with E-state index >= 15 is 0 Å². The van der Waals surface area contributed by atoms with E-state index in [0.29, 0.717) is 10.6 Å². The van der Waals surface area contributed by atoms with Gasteiger partial charge in [0.2, 0.25) is 0 Å². The molecular formula is C19H22N4O2S. The molecule has 0 aliphatic heterocycles. The predicted molar refractivity (Wildman–Crippen MR) is 103 cm³/mol. The third-order valence-corrected chi connectivity index (χ3v) is 6.46. The second kappa shape index (κ2) is 6.64. The first-order chi connectivity index (χ1) is 12.2. The molecule has 0 aliphatic carbocycles. The van der Waals surface area contributed by atoms with Gasteiger partial charge < -0.3 is 0 Å². The third kappa shape index (κ3) is 3.99. The minimum Gasteiger partial charge on any atom is -0.272 e. The highest BCUT2D eigenvalue weighted by atomic mass is 32.2. The van der Waals surface area contributed by atoms with Crippen LogP contribution in [0.4, 0.5) is 0 Å². The second-order valence-corrected chi connectivity index (χ2v) is 9.68. The average Bonchev–Trinajstić information content (AvgIpc) is 2.96. The van der Waals surface area contributed by atoms with Crippen molar-refractivity contribution < 1.29 is 9.00 Å². The number of fused-ring (bicyclic) bond motifs is 1. The summed E-state index contributed by atoms with van der Waals surface area (Å²) in [5.41, 5.74) is 1.39. The zero-order valence-electron chi connectivity index (χ0n) is 15.3. The summed E-state index contributed by atoms with van der Waals surface area (Å²) in [5, 5.41) is 5.37. The van der Waals surface area contributed by atoms with E-state index in [9.17, 15) is 9.00 Å². The van der Waals surface area contributed by atoms with Crippen molar-refractivity contribution in [2.24, 2.45) is 9.78 Å². The highest BCUT2D eigenvalue weighted by Crippen LogP contribution is 2.27. The third-order valence-electron chi connectivity index (χ3n) is 3.66. The van der Waals surface area contributed by atoms with Gasteiger partial charge in [-0.15, -0.1) is 0 Å². The molecule has 0 spiro atoms. The molecule has 1 atom stereocenters. The Balaban J connectivity index is 2.12. The lowest BCUT2D eigenvalue weighted by Crippen LogP contribution is -2.21. The first kappa shape index (κ1) is 18.3. The van der Waals surface area contributed by atoms with Crippen LogP contribution in [0.25, 0.3) is 16.6 Å². The molecule has 1 unspecified atom stereocenters.